The van der Waals surface area contributed by atoms with Crippen molar-refractivity contribution in [3.05, 3.63) is 48.0 Å². The van der Waals surface area contributed by atoms with E-state index in [0.717, 1.165) is 18.1 Å². The van der Waals surface area contributed by atoms with Gasteiger partial charge in [-0.2, -0.15) is 0 Å². The zero-order valence-electron chi connectivity index (χ0n) is 10.1. The molecule has 1 saturated carbocycles. The molecule has 2 aromatic heterocycles. The first-order valence-electron chi connectivity index (χ1n) is 6.22. The largest absolute Gasteiger partial charge is 0.467 e. The second-order valence-electron chi connectivity index (χ2n) is 4.58. The van der Waals surface area contributed by atoms with Crippen LogP contribution in [0.4, 0.5) is 5.82 Å². The molecule has 1 aliphatic rings. The van der Waals surface area contributed by atoms with Crippen LogP contribution in [0.15, 0.2) is 41.0 Å². The summed E-state index contributed by atoms with van der Waals surface area (Å²) in [5, 5.41) is 9.16. The van der Waals surface area contributed by atoms with Gasteiger partial charge in [-0.3, -0.25) is 0 Å². The standard InChI is InChI=1S/C14H16N2O2/c17-10-11-3-1-5-14(15-11)16(12-6-7-12)9-13-4-2-8-18-13/h1-5,8,12,17H,6-7,9-10H2. The van der Waals surface area contributed by atoms with Crippen molar-refractivity contribution in [3.8, 4) is 0 Å². The van der Waals surface area contributed by atoms with Crippen LogP contribution in [0.2, 0.25) is 0 Å². The molecule has 0 atom stereocenters. The SMILES string of the molecule is OCc1cccc(N(Cc2ccco2)C2CC2)n1. The van der Waals surface area contributed by atoms with Gasteiger partial charge in [-0.05, 0) is 37.1 Å². The number of aromatic nitrogens is 1. The van der Waals surface area contributed by atoms with E-state index in [1.807, 2.05) is 30.3 Å². The minimum atomic E-state index is -0.0207. The molecular weight excluding hydrogens is 228 g/mol. The van der Waals surface area contributed by atoms with Gasteiger partial charge in [0.25, 0.3) is 0 Å². The first-order chi connectivity index (χ1) is 8.86. The molecule has 0 saturated heterocycles. The number of nitrogens with zero attached hydrogens (tertiary/aromatic N) is 2. The maximum atomic E-state index is 9.16. The normalized spacial score (nSPS) is 14.7. The second-order valence-corrected chi connectivity index (χ2v) is 4.58. The van der Waals surface area contributed by atoms with E-state index in [4.69, 9.17) is 9.52 Å². The van der Waals surface area contributed by atoms with Crippen LogP contribution in [-0.2, 0) is 13.2 Å². The van der Waals surface area contributed by atoms with Crippen molar-refractivity contribution >= 4 is 5.82 Å². The fourth-order valence-corrected chi connectivity index (χ4v) is 2.07. The van der Waals surface area contributed by atoms with Gasteiger partial charge in [0, 0.05) is 6.04 Å². The molecule has 4 nitrogen and oxygen atoms in total. The Labute approximate surface area is 106 Å². The van der Waals surface area contributed by atoms with E-state index in [0.29, 0.717) is 11.7 Å². The van der Waals surface area contributed by atoms with Gasteiger partial charge in [0.2, 0.25) is 0 Å². The van der Waals surface area contributed by atoms with Crippen molar-refractivity contribution in [3.63, 3.8) is 0 Å². The summed E-state index contributed by atoms with van der Waals surface area (Å²) < 4.78 is 5.40. The molecule has 0 amide bonds. The number of aliphatic hydroxyl groups is 1. The van der Waals surface area contributed by atoms with Crippen LogP contribution in [0.5, 0.6) is 0 Å². The summed E-state index contributed by atoms with van der Waals surface area (Å²) in [6.45, 7) is 0.715. The van der Waals surface area contributed by atoms with Crippen molar-refractivity contribution < 1.29 is 9.52 Å². The topological polar surface area (TPSA) is 49.5 Å². The average molecular weight is 244 g/mol. The highest BCUT2D eigenvalue weighted by Crippen LogP contribution is 2.32. The Kier molecular flexibility index (Phi) is 3.02. The maximum absolute atomic E-state index is 9.16. The highest BCUT2D eigenvalue weighted by Gasteiger charge is 2.30. The quantitative estimate of drug-likeness (QED) is 0.877. The van der Waals surface area contributed by atoms with Gasteiger partial charge in [0.1, 0.15) is 11.6 Å². The molecule has 0 aliphatic heterocycles. The molecule has 4 heteroatoms. The fourth-order valence-electron chi connectivity index (χ4n) is 2.07. The third-order valence-electron chi connectivity index (χ3n) is 3.14. The molecule has 0 aromatic carbocycles. The van der Waals surface area contributed by atoms with Gasteiger partial charge in [-0.25, -0.2) is 4.98 Å². The summed E-state index contributed by atoms with van der Waals surface area (Å²) in [5.74, 6) is 1.86. The zero-order valence-corrected chi connectivity index (χ0v) is 10.1. The van der Waals surface area contributed by atoms with Gasteiger partial charge < -0.3 is 14.4 Å². The number of furan rings is 1. The first kappa shape index (κ1) is 11.3. The van der Waals surface area contributed by atoms with Gasteiger partial charge >= 0.3 is 0 Å². The lowest BCUT2D eigenvalue weighted by Gasteiger charge is -2.22. The van der Waals surface area contributed by atoms with E-state index in [2.05, 4.69) is 9.88 Å². The molecule has 0 bridgehead atoms. The molecule has 2 aromatic rings. The molecule has 3 rings (SSSR count). The number of aliphatic hydroxyl groups excluding tert-OH is 1. The Hall–Kier alpha value is -1.81. The van der Waals surface area contributed by atoms with E-state index in [1.165, 1.54) is 12.8 Å². The van der Waals surface area contributed by atoms with Gasteiger partial charge in [-0.1, -0.05) is 6.07 Å². The summed E-state index contributed by atoms with van der Waals surface area (Å²) in [6.07, 6.45) is 4.09. The van der Waals surface area contributed by atoms with Crippen molar-refractivity contribution in [2.45, 2.75) is 32.0 Å². The zero-order chi connectivity index (χ0) is 12.4. The van der Waals surface area contributed by atoms with E-state index in [9.17, 15) is 0 Å². The van der Waals surface area contributed by atoms with Crippen LogP contribution in [0, 0.1) is 0 Å². The molecule has 2 heterocycles. The minimum Gasteiger partial charge on any atom is -0.467 e. The first-order valence-corrected chi connectivity index (χ1v) is 6.22. The number of anilines is 1. The summed E-state index contributed by atoms with van der Waals surface area (Å²) in [6, 6.07) is 10.2. The smallest absolute Gasteiger partial charge is 0.129 e. The van der Waals surface area contributed by atoms with Crippen molar-refractivity contribution in [1.82, 2.24) is 4.98 Å². The lowest BCUT2D eigenvalue weighted by molar-refractivity contribution is 0.277. The third-order valence-corrected chi connectivity index (χ3v) is 3.14. The van der Waals surface area contributed by atoms with E-state index < -0.39 is 0 Å². The Morgan fingerprint density at radius 3 is 2.83 bits per heavy atom. The van der Waals surface area contributed by atoms with Crippen LogP contribution in [0.25, 0.3) is 0 Å². The lowest BCUT2D eigenvalue weighted by Crippen LogP contribution is -2.26. The predicted octanol–water partition coefficient (Wildman–Crippen LogP) is 2.34. The molecule has 18 heavy (non-hydrogen) atoms. The second kappa shape index (κ2) is 4.82. The molecule has 0 radical (unpaired) electrons. The highest BCUT2D eigenvalue weighted by atomic mass is 16.3. The molecule has 1 aliphatic carbocycles. The Bertz CT molecular complexity index is 506. The van der Waals surface area contributed by atoms with Gasteiger partial charge in [-0.15, -0.1) is 0 Å². The van der Waals surface area contributed by atoms with E-state index in [-0.39, 0.29) is 6.61 Å². The van der Waals surface area contributed by atoms with Crippen LogP contribution in [-0.4, -0.2) is 16.1 Å². The average Bonchev–Trinajstić information content (AvgIpc) is 3.13. The number of hydrogen-bond donors (Lipinski definition) is 1. The third kappa shape index (κ3) is 2.38. The fraction of sp³-hybridized carbons (Fsp3) is 0.357. The van der Waals surface area contributed by atoms with Crippen LogP contribution in [0.3, 0.4) is 0 Å². The molecule has 1 N–H and O–H groups in total. The minimum absolute atomic E-state index is 0.0207. The highest BCUT2D eigenvalue weighted by molar-refractivity contribution is 5.42. The van der Waals surface area contributed by atoms with Gasteiger partial charge in [0.05, 0.1) is 25.1 Å². The number of rotatable bonds is 5. The monoisotopic (exact) mass is 244 g/mol. The summed E-state index contributed by atoms with van der Waals surface area (Å²) in [7, 11) is 0. The Balaban J connectivity index is 1.84. The Morgan fingerprint density at radius 1 is 1.28 bits per heavy atom. The Morgan fingerprint density at radius 2 is 2.17 bits per heavy atom. The summed E-state index contributed by atoms with van der Waals surface area (Å²) in [4.78, 5) is 6.72. The number of pyridine rings is 1. The van der Waals surface area contributed by atoms with E-state index >= 15 is 0 Å². The van der Waals surface area contributed by atoms with Crippen LogP contribution >= 0.6 is 0 Å². The molecule has 0 unspecified atom stereocenters. The maximum Gasteiger partial charge on any atom is 0.129 e. The van der Waals surface area contributed by atoms with Crippen molar-refractivity contribution in [1.29, 1.82) is 0 Å². The van der Waals surface area contributed by atoms with Gasteiger partial charge in [0.15, 0.2) is 0 Å². The van der Waals surface area contributed by atoms with Crippen molar-refractivity contribution in [2.24, 2.45) is 0 Å². The van der Waals surface area contributed by atoms with Crippen LogP contribution in [0.1, 0.15) is 24.3 Å². The predicted molar refractivity (Wildman–Crippen MR) is 68.1 cm³/mol. The summed E-state index contributed by atoms with van der Waals surface area (Å²) in [5.41, 5.74) is 0.706. The molecule has 94 valence electrons. The van der Waals surface area contributed by atoms with Crippen molar-refractivity contribution in [2.75, 3.05) is 4.90 Å². The lowest BCUT2D eigenvalue weighted by atomic mass is 10.3. The van der Waals surface area contributed by atoms with Crippen LogP contribution < -0.4 is 4.90 Å². The molecular formula is C14H16N2O2. The summed E-state index contributed by atoms with van der Waals surface area (Å²) >= 11 is 0. The van der Waals surface area contributed by atoms with E-state index in [1.54, 1.807) is 6.26 Å². The molecule has 1 fully saturated rings. The number of hydrogen-bond acceptors (Lipinski definition) is 4. The molecule has 0 spiro atoms.